The molecule has 0 aliphatic carbocycles. The van der Waals surface area contributed by atoms with Crippen molar-refractivity contribution in [3.8, 4) is 5.75 Å². The molecule has 1 aromatic rings. The van der Waals surface area contributed by atoms with Crippen molar-refractivity contribution in [1.29, 1.82) is 0 Å². The van der Waals surface area contributed by atoms with Gasteiger partial charge in [-0.25, -0.2) is 0 Å². The molecule has 0 radical (unpaired) electrons. The first-order valence-corrected chi connectivity index (χ1v) is 8.63. The summed E-state index contributed by atoms with van der Waals surface area (Å²) in [7, 11) is 0. The Kier molecular flexibility index (Phi) is 6.29. The van der Waals surface area contributed by atoms with Crippen molar-refractivity contribution < 1.29 is 9.53 Å². The first-order valence-electron chi connectivity index (χ1n) is 8.63. The molecule has 122 valence electrons. The lowest BCUT2D eigenvalue weighted by Gasteiger charge is -2.29. The zero-order chi connectivity index (χ0) is 15.9. The quantitative estimate of drug-likeness (QED) is 0.816. The molecule has 1 heterocycles. The molecule has 0 spiro atoms. The van der Waals surface area contributed by atoms with Crippen molar-refractivity contribution in [3.63, 3.8) is 0 Å². The second kappa shape index (κ2) is 8.21. The fourth-order valence-electron chi connectivity index (χ4n) is 3.10. The van der Waals surface area contributed by atoms with Gasteiger partial charge in [0.1, 0.15) is 5.75 Å². The van der Waals surface area contributed by atoms with E-state index in [1.165, 1.54) is 18.4 Å². The molecular weight excluding hydrogens is 274 g/mol. The maximum absolute atomic E-state index is 11.9. The average Bonchev–Trinajstić information content (AvgIpc) is 2.74. The number of benzene rings is 1. The topological polar surface area (TPSA) is 29.5 Å². The number of hydrogen-bond acceptors (Lipinski definition) is 2. The summed E-state index contributed by atoms with van der Waals surface area (Å²) in [5, 5.41) is 0. The van der Waals surface area contributed by atoms with Crippen molar-refractivity contribution >= 4 is 5.91 Å². The Labute approximate surface area is 134 Å². The molecule has 0 N–H and O–H groups in total. The van der Waals surface area contributed by atoms with Crippen molar-refractivity contribution in [2.45, 2.75) is 71.4 Å². The van der Waals surface area contributed by atoms with Gasteiger partial charge in [-0.15, -0.1) is 0 Å². The van der Waals surface area contributed by atoms with Gasteiger partial charge in [0.2, 0.25) is 5.91 Å². The van der Waals surface area contributed by atoms with Crippen molar-refractivity contribution in [3.05, 3.63) is 29.8 Å². The van der Waals surface area contributed by atoms with Gasteiger partial charge >= 0.3 is 0 Å². The maximum atomic E-state index is 11.9. The van der Waals surface area contributed by atoms with E-state index >= 15 is 0 Å². The highest BCUT2D eigenvalue weighted by molar-refractivity contribution is 5.73. The lowest BCUT2D eigenvalue weighted by molar-refractivity contribution is -0.131. The summed E-state index contributed by atoms with van der Waals surface area (Å²) in [5.74, 6) is 1.14. The van der Waals surface area contributed by atoms with Gasteiger partial charge in [0.05, 0.1) is 6.10 Å². The highest BCUT2D eigenvalue weighted by Gasteiger charge is 2.23. The van der Waals surface area contributed by atoms with Crippen LogP contribution in [0.25, 0.3) is 0 Å². The fraction of sp³-hybridized carbons (Fsp3) is 0.632. The number of amides is 1. The molecule has 0 saturated carbocycles. The largest absolute Gasteiger partial charge is 0.491 e. The molecule has 0 aromatic heterocycles. The van der Waals surface area contributed by atoms with Gasteiger partial charge in [-0.05, 0) is 50.3 Å². The van der Waals surface area contributed by atoms with Crippen LogP contribution in [-0.4, -0.2) is 29.5 Å². The molecular formula is C19H29NO2. The van der Waals surface area contributed by atoms with Crippen molar-refractivity contribution in [1.82, 2.24) is 4.90 Å². The lowest BCUT2D eigenvalue weighted by atomic mass is 10.0. The Bertz CT molecular complexity index is 469. The Morgan fingerprint density at radius 1 is 1.27 bits per heavy atom. The molecule has 1 aliphatic rings. The van der Waals surface area contributed by atoms with Crippen LogP contribution in [0.15, 0.2) is 24.3 Å². The highest BCUT2D eigenvalue weighted by Crippen LogP contribution is 2.22. The second-order valence-corrected chi connectivity index (χ2v) is 6.40. The predicted octanol–water partition coefficient (Wildman–Crippen LogP) is 4.20. The molecule has 2 rings (SSSR count). The molecule has 22 heavy (non-hydrogen) atoms. The Balaban J connectivity index is 2.00. The molecule has 1 unspecified atom stereocenters. The number of rotatable bonds is 5. The van der Waals surface area contributed by atoms with Crippen LogP contribution < -0.4 is 4.74 Å². The third-order valence-electron chi connectivity index (χ3n) is 4.59. The van der Waals surface area contributed by atoms with E-state index in [0.717, 1.165) is 38.0 Å². The standard InChI is InChI=1S/C19H29NO2/c1-4-15(2)22-19-11-9-17(10-12-19)14-18-8-6-5-7-13-20(18)16(3)21/h9-12,15,18H,4-8,13-14H2,1-3H3/t15-,18?/m1/s1. The predicted molar refractivity (Wildman–Crippen MR) is 90.2 cm³/mol. The van der Waals surface area contributed by atoms with E-state index < -0.39 is 0 Å². The SMILES string of the molecule is CC[C@@H](C)Oc1ccc(CC2CCCCCN2C(C)=O)cc1. The first-order chi connectivity index (χ1) is 10.6. The van der Waals surface area contributed by atoms with Crippen LogP contribution in [0.3, 0.4) is 0 Å². The number of hydrogen-bond donors (Lipinski definition) is 0. The zero-order valence-electron chi connectivity index (χ0n) is 14.2. The van der Waals surface area contributed by atoms with Crippen molar-refractivity contribution in [2.75, 3.05) is 6.54 Å². The zero-order valence-corrected chi connectivity index (χ0v) is 14.2. The van der Waals surface area contributed by atoms with Crippen LogP contribution in [0.1, 0.15) is 58.4 Å². The van der Waals surface area contributed by atoms with E-state index in [1.54, 1.807) is 6.92 Å². The Morgan fingerprint density at radius 3 is 2.64 bits per heavy atom. The van der Waals surface area contributed by atoms with Gasteiger partial charge in [0.15, 0.2) is 0 Å². The van der Waals surface area contributed by atoms with Crippen molar-refractivity contribution in [2.24, 2.45) is 0 Å². The van der Waals surface area contributed by atoms with E-state index in [0.29, 0.717) is 6.04 Å². The molecule has 1 saturated heterocycles. The molecule has 3 heteroatoms. The number of carbonyl (C=O) groups is 1. The Morgan fingerprint density at radius 2 is 2.00 bits per heavy atom. The summed E-state index contributed by atoms with van der Waals surface area (Å²) in [4.78, 5) is 13.9. The van der Waals surface area contributed by atoms with E-state index in [1.807, 2.05) is 0 Å². The van der Waals surface area contributed by atoms with E-state index in [2.05, 4.69) is 43.0 Å². The summed E-state index contributed by atoms with van der Waals surface area (Å²) in [5.41, 5.74) is 1.29. The maximum Gasteiger partial charge on any atom is 0.219 e. The minimum atomic E-state index is 0.212. The molecule has 1 aliphatic heterocycles. The van der Waals surface area contributed by atoms with Gasteiger partial charge in [0, 0.05) is 19.5 Å². The fourth-order valence-corrected chi connectivity index (χ4v) is 3.10. The summed E-state index contributed by atoms with van der Waals surface area (Å²) in [6.07, 6.45) is 6.93. The first kappa shape index (κ1) is 16.9. The van der Waals surface area contributed by atoms with Crippen LogP contribution in [-0.2, 0) is 11.2 Å². The number of likely N-dealkylation sites (tertiary alicyclic amines) is 1. The lowest BCUT2D eigenvalue weighted by Crippen LogP contribution is -2.39. The van der Waals surface area contributed by atoms with Gasteiger partial charge in [-0.2, -0.15) is 0 Å². The molecule has 1 fully saturated rings. The summed E-state index contributed by atoms with van der Waals surface area (Å²) in [6, 6.07) is 8.73. The molecule has 1 aromatic carbocycles. The summed E-state index contributed by atoms with van der Waals surface area (Å²) in [6.45, 7) is 6.82. The summed E-state index contributed by atoms with van der Waals surface area (Å²) < 4.78 is 5.82. The third kappa shape index (κ3) is 4.75. The molecule has 2 atom stereocenters. The van der Waals surface area contributed by atoms with Crippen LogP contribution in [0, 0.1) is 0 Å². The van der Waals surface area contributed by atoms with E-state index in [9.17, 15) is 4.79 Å². The van der Waals surface area contributed by atoms with Gasteiger partial charge in [-0.1, -0.05) is 31.9 Å². The number of nitrogens with zero attached hydrogens (tertiary/aromatic N) is 1. The van der Waals surface area contributed by atoms with Crippen LogP contribution in [0.5, 0.6) is 5.75 Å². The molecule has 1 amide bonds. The molecule has 3 nitrogen and oxygen atoms in total. The average molecular weight is 303 g/mol. The number of carbonyl (C=O) groups excluding carboxylic acids is 1. The van der Waals surface area contributed by atoms with Crippen LogP contribution in [0.2, 0.25) is 0 Å². The van der Waals surface area contributed by atoms with Gasteiger partial charge in [0.25, 0.3) is 0 Å². The second-order valence-electron chi connectivity index (χ2n) is 6.40. The van der Waals surface area contributed by atoms with Gasteiger partial charge < -0.3 is 9.64 Å². The molecule has 0 bridgehead atoms. The van der Waals surface area contributed by atoms with Crippen LogP contribution >= 0.6 is 0 Å². The van der Waals surface area contributed by atoms with Gasteiger partial charge in [-0.3, -0.25) is 4.79 Å². The smallest absolute Gasteiger partial charge is 0.219 e. The number of ether oxygens (including phenoxy) is 1. The van der Waals surface area contributed by atoms with E-state index in [-0.39, 0.29) is 12.0 Å². The van der Waals surface area contributed by atoms with E-state index in [4.69, 9.17) is 4.74 Å². The monoisotopic (exact) mass is 303 g/mol. The minimum Gasteiger partial charge on any atom is -0.491 e. The Hall–Kier alpha value is -1.51. The highest BCUT2D eigenvalue weighted by atomic mass is 16.5. The normalized spacial score (nSPS) is 20.3. The van der Waals surface area contributed by atoms with Crippen LogP contribution in [0.4, 0.5) is 0 Å². The summed E-state index contributed by atoms with van der Waals surface area (Å²) >= 11 is 0. The minimum absolute atomic E-state index is 0.212. The third-order valence-corrected chi connectivity index (χ3v) is 4.59.